The lowest BCUT2D eigenvalue weighted by atomic mass is 9.89. The predicted octanol–water partition coefficient (Wildman–Crippen LogP) is 3.91. The molecule has 33 heavy (non-hydrogen) atoms. The Kier molecular flexibility index (Phi) is 6.77. The molecule has 0 radical (unpaired) electrons. The molecule has 7 heteroatoms. The molecule has 0 bridgehead atoms. The number of piperidine rings is 1. The van der Waals surface area contributed by atoms with Gasteiger partial charge in [0, 0.05) is 24.4 Å². The molecule has 1 unspecified atom stereocenters. The van der Waals surface area contributed by atoms with Crippen LogP contribution in [0.15, 0.2) is 54.6 Å². The van der Waals surface area contributed by atoms with Crippen LogP contribution in [0.5, 0.6) is 11.5 Å². The number of hydrogen-bond donors (Lipinski definition) is 1. The SMILES string of the molecule is CCC(Oc1ccc(OC)cc1)C(=O)N1CCC(c2nc3ccccc3cc2C(N)=O)CC1. The highest BCUT2D eigenvalue weighted by molar-refractivity contribution is 5.97. The van der Waals surface area contributed by atoms with Crippen molar-refractivity contribution in [2.75, 3.05) is 20.2 Å². The van der Waals surface area contributed by atoms with Gasteiger partial charge in [0.2, 0.25) is 0 Å². The molecule has 3 aromatic rings. The Hall–Kier alpha value is -3.61. The standard InChI is InChI=1S/C26H29N3O4/c1-3-23(33-20-10-8-19(32-2)9-11-20)26(31)29-14-12-17(13-15-29)24-21(25(27)30)16-18-6-4-5-7-22(18)28-24/h4-11,16-17,23H,3,12-15H2,1-2H3,(H2,27,30). The molecule has 172 valence electrons. The van der Waals surface area contributed by atoms with Crippen molar-refractivity contribution in [3.8, 4) is 11.5 Å². The lowest BCUT2D eigenvalue weighted by Crippen LogP contribution is -2.45. The summed E-state index contributed by atoms with van der Waals surface area (Å²) in [6.07, 6.45) is 1.46. The first kappa shape index (κ1) is 22.6. The number of amides is 2. The van der Waals surface area contributed by atoms with Crippen LogP contribution in [0.3, 0.4) is 0 Å². The number of benzene rings is 2. The van der Waals surface area contributed by atoms with Gasteiger partial charge in [-0.25, -0.2) is 0 Å². The Morgan fingerprint density at radius 3 is 2.39 bits per heavy atom. The van der Waals surface area contributed by atoms with E-state index in [-0.39, 0.29) is 11.8 Å². The number of likely N-dealkylation sites (tertiary alicyclic amines) is 1. The molecule has 1 fully saturated rings. The normalized spacial score (nSPS) is 15.3. The summed E-state index contributed by atoms with van der Waals surface area (Å²) in [6, 6.07) is 16.8. The molecule has 1 saturated heterocycles. The summed E-state index contributed by atoms with van der Waals surface area (Å²) < 4.78 is 11.1. The van der Waals surface area contributed by atoms with Crippen LogP contribution < -0.4 is 15.2 Å². The van der Waals surface area contributed by atoms with Crippen LogP contribution in [0, 0.1) is 0 Å². The molecule has 0 saturated carbocycles. The number of nitrogens with two attached hydrogens (primary N) is 1. The van der Waals surface area contributed by atoms with Gasteiger partial charge in [-0.1, -0.05) is 25.1 Å². The molecule has 2 heterocycles. The van der Waals surface area contributed by atoms with Crippen molar-refractivity contribution in [1.29, 1.82) is 0 Å². The summed E-state index contributed by atoms with van der Waals surface area (Å²) in [5.74, 6) is 0.955. The number of methoxy groups -OCH3 is 1. The van der Waals surface area contributed by atoms with Crippen molar-refractivity contribution in [2.24, 2.45) is 5.73 Å². The lowest BCUT2D eigenvalue weighted by Gasteiger charge is -2.34. The number of carbonyl (C=O) groups excluding carboxylic acids is 2. The Morgan fingerprint density at radius 2 is 1.76 bits per heavy atom. The van der Waals surface area contributed by atoms with Gasteiger partial charge in [0.1, 0.15) is 11.5 Å². The van der Waals surface area contributed by atoms with E-state index in [0.29, 0.717) is 30.8 Å². The highest BCUT2D eigenvalue weighted by Gasteiger charge is 2.31. The van der Waals surface area contributed by atoms with Crippen molar-refractivity contribution < 1.29 is 19.1 Å². The van der Waals surface area contributed by atoms with E-state index < -0.39 is 12.0 Å². The minimum atomic E-state index is -0.546. The van der Waals surface area contributed by atoms with Crippen LogP contribution in [0.1, 0.15) is 48.2 Å². The number of primary amides is 1. The minimum Gasteiger partial charge on any atom is -0.497 e. The average molecular weight is 448 g/mol. The molecule has 2 N–H and O–H groups in total. The van der Waals surface area contributed by atoms with Crippen LogP contribution in [-0.2, 0) is 4.79 Å². The van der Waals surface area contributed by atoms with Gasteiger partial charge in [0.25, 0.3) is 11.8 Å². The summed E-state index contributed by atoms with van der Waals surface area (Å²) in [6.45, 7) is 3.11. The zero-order valence-corrected chi connectivity index (χ0v) is 19.0. The molecule has 2 aromatic carbocycles. The van der Waals surface area contributed by atoms with Gasteiger partial charge in [-0.2, -0.15) is 0 Å². The van der Waals surface area contributed by atoms with Crippen molar-refractivity contribution in [1.82, 2.24) is 9.88 Å². The molecule has 1 aliphatic rings. The van der Waals surface area contributed by atoms with E-state index in [1.54, 1.807) is 19.2 Å². The van der Waals surface area contributed by atoms with Crippen molar-refractivity contribution in [3.63, 3.8) is 0 Å². The molecule has 7 nitrogen and oxygen atoms in total. The smallest absolute Gasteiger partial charge is 0.263 e. The monoisotopic (exact) mass is 447 g/mol. The molecule has 1 atom stereocenters. The van der Waals surface area contributed by atoms with Crippen molar-refractivity contribution in [2.45, 2.75) is 38.2 Å². The molecular formula is C26H29N3O4. The van der Waals surface area contributed by atoms with Crippen LogP contribution in [0.25, 0.3) is 10.9 Å². The number of aromatic nitrogens is 1. The zero-order chi connectivity index (χ0) is 23.4. The van der Waals surface area contributed by atoms with Gasteiger partial charge in [-0.05, 0) is 55.7 Å². The van der Waals surface area contributed by atoms with Crippen LogP contribution in [0.2, 0.25) is 0 Å². The molecule has 2 amide bonds. The number of rotatable bonds is 7. The Morgan fingerprint density at radius 1 is 1.09 bits per heavy atom. The van der Waals surface area contributed by atoms with Gasteiger partial charge in [-0.3, -0.25) is 14.6 Å². The summed E-state index contributed by atoms with van der Waals surface area (Å²) >= 11 is 0. The van der Waals surface area contributed by atoms with E-state index in [0.717, 1.165) is 35.2 Å². The fourth-order valence-electron chi connectivity index (χ4n) is 4.34. The summed E-state index contributed by atoms with van der Waals surface area (Å²) in [7, 11) is 1.61. The number of ether oxygens (including phenoxy) is 2. The third-order valence-corrected chi connectivity index (χ3v) is 6.20. The van der Waals surface area contributed by atoms with Gasteiger partial charge in [0.15, 0.2) is 6.10 Å². The Labute approximate surface area is 193 Å². The number of para-hydroxylation sites is 1. The molecule has 4 rings (SSSR count). The van der Waals surface area contributed by atoms with Crippen LogP contribution in [0.4, 0.5) is 0 Å². The van der Waals surface area contributed by atoms with Crippen molar-refractivity contribution >= 4 is 22.7 Å². The maximum atomic E-state index is 13.1. The second kappa shape index (κ2) is 9.90. The second-order valence-electron chi connectivity index (χ2n) is 8.27. The first-order valence-electron chi connectivity index (χ1n) is 11.3. The summed E-state index contributed by atoms with van der Waals surface area (Å²) in [5, 5.41) is 0.893. The van der Waals surface area contributed by atoms with E-state index in [9.17, 15) is 9.59 Å². The third-order valence-electron chi connectivity index (χ3n) is 6.20. The second-order valence-corrected chi connectivity index (χ2v) is 8.27. The van der Waals surface area contributed by atoms with E-state index >= 15 is 0 Å². The summed E-state index contributed by atoms with van der Waals surface area (Å²) in [5.41, 5.74) is 7.71. The maximum Gasteiger partial charge on any atom is 0.263 e. The molecule has 1 aliphatic heterocycles. The molecule has 0 spiro atoms. The maximum absolute atomic E-state index is 13.1. The van der Waals surface area contributed by atoms with E-state index in [2.05, 4.69) is 0 Å². The third kappa shape index (κ3) is 4.92. The first-order valence-corrected chi connectivity index (χ1v) is 11.3. The summed E-state index contributed by atoms with van der Waals surface area (Å²) in [4.78, 5) is 31.9. The number of hydrogen-bond acceptors (Lipinski definition) is 5. The van der Waals surface area contributed by atoms with Crippen LogP contribution in [-0.4, -0.2) is 48.0 Å². The van der Waals surface area contributed by atoms with Gasteiger partial charge < -0.3 is 20.1 Å². The zero-order valence-electron chi connectivity index (χ0n) is 19.0. The predicted molar refractivity (Wildman–Crippen MR) is 127 cm³/mol. The number of fused-ring (bicyclic) bond motifs is 1. The number of nitrogens with zero attached hydrogens (tertiary/aromatic N) is 2. The van der Waals surface area contributed by atoms with Gasteiger partial charge in [0.05, 0.1) is 23.9 Å². The number of carbonyl (C=O) groups is 2. The van der Waals surface area contributed by atoms with Crippen LogP contribution >= 0.6 is 0 Å². The molecule has 1 aromatic heterocycles. The van der Waals surface area contributed by atoms with Gasteiger partial charge in [-0.15, -0.1) is 0 Å². The quantitative estimate of drug-likeness (QED) is 0.593. The highest BCUT2D eigenvalue weighted by Crippen LogP contribution is 2.31. The van der Waals surface area contributed by atoms with E-state index in [1.165, 1.54) is 0 Å². The minimum absolute atomic E-state index is 0.0200. The van der Waals surface area contributed by atoms with Crippen molar-refractivity contribution in [3.05, 3.63) is 65.9 Å². The average Bonchev–Trinajstić information content (AvgIpc) is 2.86. The first-order chi connectivity index (χ1) is 16.0. The fraction of sp³-hybridized carbons (Fsp3) is 0.346. The van der Waals surface area contributed by atoms with Gasteiger partial charge >= 0.3 is 0 Å². The lowest BCUT2D eigenvalue weighted by molar-refractivity contribution is -0.140. The topological polar surface area (TPSA) is 94.8 Å². The highest BCUT2D eigenvalue weighted by atomic mass is 16.5. The Bertz CT molecular complexity index is 1140. The molecular weight excluding hydrogens is 418 g/mol. The Balaban J connectivity index is 1.45. The fourth-order valence-corrected chi connectivity index (χ4v) is 4.34. The largest absolute Gasteiger partial charge is 0.497 e. The number of pyridine rings is 1. The molecule has 0 aliphatic carbocycles. The van der Waals surface area contributed by atoms with E-state index in [4.69, 9.17) is 20.2 Å². The van der Waals surface area contributed by atoms with E-state index in [1.807, 2.05) is 54.3 Å².